The topological polar surface area (TPSA) is 42.0 Å². The Morgan fingerprint density at radius 1 is 1.03 bits per heavy atom. The predicted molar refractivity (Wildman–Crippen MR) is 122 cm³/mol. The van der Waals surface area contributed by atoms with Crippen LogP contribution < -0.4 is 9.47 Å². The fourth-order valence-electron chi connectivity index (χ4n) is 4.54. The summed E-state index contributed by atoms with van der Waals surface area (Å²) in [5, 5.41) is 0. The summed E-state index contributed by atoms with van der Waals surface area (Å²) < 4.78 is 11.2. The molecule has 0 unspecified atom stereocenters. The first-order valence-corrected chi connectivity index (χ1v) is 11.6. The summed E-state index contributed by atoms with van der Waals surface area (Å²) in [7, 11) is 0. The summed E-state index contributed by atoms with van der Waals surface area (Å²) in [6.45, 7) is 6.07. The number of hydrogen-bond donors (Lipinski definition) is 0. The highest BCUT2D eigenvalue weighted by Crippen LogP contribution is 2.36. The van der Waals surface area contributed by atoms with Crippen LogP contribution in [0.25, 0.3) is 0 Å². The van der Waals surface area contributed by atoms with E-state index >= 15 is 0 Å². The van der Waals surface area contributed by atoms with Gasteiger partial charge in [-0.3, -0.25) is 4.79 Å². The number of para-hydroxylation sites is 1. The molecule has 2 aliphatic rings. The first-order chi connectivity index (χ1) is 15.2. The number of benzene rings is 2. The maximum Gasteiger partial charge on any atom is 0.231 e. The average molecular weight is 423 g/mol. The van der Waals surface area contributed by atoms with Gasteiger partial charge in [0.05, 0.1) is 0 Å². The van der Waals surface area contributed by atoms with Gasteiger partial charge in [0.15, 0.2) is 11.5 Å². The van der Waals surface area contributed by atoms with Crippen LogP contribution in [0.2, 0.25) is 0 Å². The summed E-state index contributed by atoms with van der Waals surface area (Å²) in [5.74, 6) is 1.78. The normalized spacial score (nSPS) is 16.8. The van der Waals surface area contributed by atoms with Crippen LogP contribution in [0.4, 0.5) is 0 Å². The lowest BCUT2D eigenvalue weighted by atomic mass is 10.0. The van der Waals surface area contributed by atoms with E-state index in [9.17, 15) is 4.79 Å². The fourth-order valence-corrected chi connectivity index (χ4v) is 4.54. The molecule has 0 saturated carbocycles. The molecule has 0 bridgehead atoms. The lowest BCUT2D eigenvalue weighted by molar-refractivity contribution is -0.134. The molecule has 1 fully saturated rings. The van der Waals surface area contributed by atoms with Crippen molar-refractivity contribution >= 4 is 5.91 Å². The van der Waals surface area contributed by atoms with E-state index < -0.39 is 0 Å². The molecule has 5 nitrogen and oxygen atoms in total. The molecular formula is C26H34N2O3. The summed E-state index contributed by atoms with van der Waals surface area (Å²) in [4.78, 5) is 17.9. The molecule has 1 amide bonds. The number of rotatable bonds is 9. The molecule has 2 heterocycles. The van der Waals surface area contributed by atoms with E-state index in [1.54, 1.807) is 0 Å². The van der Waals surface area contributed by atoms with Gasteiger partial charge in [0.25, 0.3) is 0 Å². The van der Waals surface area contributed by atoms with Crippen molar-refractivity contribution in [1.29, 1.82) is 0 Å². The first-order valence-electron chi connectivity index (χ1n) is 11.6. The Kier molecular flexibility index (Phi) is 7.47. The first kappa shape index (κ1) is 21.7. The van der Waals surface area contributed by atoms with Crippen LogP contribution in [0.15, 0.2) is 48.5 Å². The number of ether oxygens (including phenoxy) is 2. The Morgan fingerprint density at radius 3 is 2.65 bits per heavy atom. The minimum Gasteiger partial charge on any atom is -0.454 e. The standard InChI is InChI=1S/C26H34N2O3/c1-21(13-14-22-9-4-2-5-10-22)28(25(29)15-18-27-16-6-3-7-17-27)19-23-11-8-12-24-26(23)31-20-30-24/h2,4-5,8-12,21H,3,6-7,13-20H2,1H3/t21-/m1/s1. The minimum absolute atomic E-state index is 0.146. The van der Waals surface area contributed by atoms with Crippen molar-refractivity contribution in [2.75, 3.05) is 26.4 Å². The van der Waals surface area contributed by atoms with Gasteiger partial charge < -0.3 is 19.3 Å². The molecule has 1 saturated heterocycles. The number of aryl methyl sites for hydroxylation is 1. The molecule has 0 spiro atoms. The largest absolute Gasteiger partial charge is 0.454 e. The maximum absolute atomic E-state index is 13.4. The van der Waals surface area contributed by atoms with Gasteiger partial charge in [-0.05, 0) is 57.3 Å². The van der Waals surface area contributed by atoms with E-state index in [0.29, 0.717) is 13.0 Å². The smallest absolute Gasteiger partial charge is 0.231 e. The van der Waals surface area contributed by atoms with Crippen molar-refractivity contribution in [3.8, 4) is 11.5 Å². The number of amides is 1. The lowest BCUT2D eigenvalue weighted by Crippen LogP contribution is -2.41. The van der Waals surface area contributed by atoms with Gasteiger partial charge >= 0.3 is 0 Å². The number of likely N-dealkylation sites (tertiary alicyclic amines) is 1. The fraction of sp³-hybridized carbons (Fsp3) is 0.500. The number of nitrogens with zero attached hydrogens (tertiary/aromatic N) is 2. The second-order valence-corrected chi connectivity index (χ2v) is 8.70. The Balaban J connectivity index is 1.44. The van der Waals surface area contributed by atoms with E-state index in [1.165, 1.54) is 24.8 Å². The van der Waals surface area contributed by atoms with Crippen molar-refractivity contribution in [2.45, 2.75) is 58.0 Å². The SMILES string of the molecule is C[C@H](CCc1ccccc1)N(Cc1cccc2c1OCO2)C(=O)CCN1CCCCC1. The summed E-state index contributed by atoms with van der Waals surface area (Å²) >= 11 is 0. The number of hydrogen-bond acceptors (Lipinski definition) is 4. The van der Waals surface area contributed by atoms with Crippen molar-refractivity contribution in [1.82, 2.24) is 9.80 Å². The van der Waals surface area contributed by atoms with Crippen molar-refractivity contribution in [2.24, 2.45) is 0 Å². The Bertz CT molecular complexity index is 849. The summed E-state index contributed by atoms with van der Waals surface area (Å²) in [6.07, 6.45) is 6.28. The molecule has 0 radical (unpaired) electrons. The molecule has 4 rings (SSSR count). The monoisotopic (exact) mass is 422 g/mol. The zero-order chi connectivity index (χ0) is 21.5. The van der Waals surface area contributed by atoms with E-state index in [2.05, 4.69) is 36.1 Å². The molecule has 0 N–H and O–H groups in total. The van der Waals surface area contributed by atoms with Crippen molar-refractivity contribution in [3.63, 3.8) is 0 Å². The van der Waals surface area contributed by atoms with Crippen molar-refractivity contribution in [3.05, 3.63) is 59.7 Å². The summed E-state index contributed by atoms with van der Waals surface area (Å²) in [5.41, 5.74) is 2.33. The molecule has 2 aromatic rings. The average Bonchev–Trinajstić information content (AvgIpc) is 3.30. The molecule has 31 heavy (non-hydrogen) atoms. The lowest BCUT2D eigenvalue weighted by Gasteiger charge is -2.32. The van der Waals surface area contributed by atoms with E-state index in [4.69, 9.17) is 9.47 Å². The maximum atomic E-state index is 13.4. The van der Waals surface area contributed by atoms with Crippen LogP contribution in [-0.2, 0) is 17.8 Å². The zero-order valence-electron chi connectivity index (χ0n) is 18.6. The van der Waals surface area contributed by atoms with Gasteiger partial charge in [0, 0.05) is 31.1 Å². The molecular weight excluding hydrogens is 388 g/mol. The molecule has 0 aromatic heterocycles. The van der Waals surface area contributed by atoms with Gasteiger partial charge in [-0.25, -0.2) is 0 Å². The highest BCUT2D eigenvalue weighted by Gasteiger charge is 2.25. The summed E-state index contributed by atoms with van der Waals surface area (Å²) in [6, 6.07) is 16.6. The Labute approximate surface area is 185 Å². The van der Waals surface area contributed by atoms with E-state index in [0.717, 1.165) is 49.5 Å². The molecule has 5 heteroatoms. The Hall–Kier alpha value is -2.53. The number of fused-ring (bicyclic) bond motifs is 1. The van der Waals surface area contributed by atoms with Gasteiger partial charge in [0.1, 0.15) is 0 Å². The predicted octanol–water partition coefficient (Wildman–Crippen LogP) is 4.64. The number of piperidine rings is 1. The Morgan fingerprint density at radius 2 is 1.84 bits per heavy atom. The highest BCUT2D eigenvalue weighted by atomic mass is 16.7. The number of carbonyl (C=O) groups excluding carboxylic acids is 1. The van der Waals surface area contributed by atoms with Crippen LogP contribution in [0.1, 0.15) is 50.2 Å². The second-order valence-electron chi connectivity index (χ2n) is 8.70. The van der Waals surface area contributed by atoms with Crippen LogP contribution in [0.5, 0.6) is 11.5 Å². The zero-order valence-corrected chi connectivity index (χ0v) is 18.6. The highest BCUT2D eigenvalue weighted by molar-refractivity contribution is 5.77. The molecule has 166 valence electrons. The van der Waals surface area contributed by atoms with E-state index in [-0.39, 0.29) is 18.7 Å². The van der Waals surface area contributed by atoms with Gasteiger partial charge in [-0.1, -0.05) is 48.9 Å². The molecule has 2 aromatic carbocycles. The third kappa shape index (κ3) is 5.79. The van der Waals surface area contributed by atoms with Crippen LogP contribution in [-0.4, -0.2) is 48.2 Å². The molecule has 1 atom stereocenters. The van der Waals surface area contributed by atoms with Gasteiger partial charge in [0.2, 0.25) is 12.7 Å². The third-order valence-electron chi connectivity index (χ3n) is 6.46. The van der Waals surface area contributed by atoms with Crippen LogP contribution >= 0.6 is 0 Å². The van der Waals surface area contributed by atoms with Gasteiger partial charge in [-0.15, -0.1) is 0 Å². The third-order valence-corrected chi connectivity index (χ3v) is 6.46. The van der Waals surface area contributed by atoms with Crippen LogP contribution in [0.3, 0.4) is 0 Å². The minimum atomic E-state index is 0.146. The quantitative estimate of drug-likeness (QED) is 0.590. The van der Waals surface area contributed by atoms with Crippen molar-refractivity contribution < 1.29 is 14.3 Å². The molecule has 2 aliphatic heterocycles. The number of carbonyl (C=O) groups is 1. The molecule has 0 aliphatic carbocycles. The van der Waals surface area contributed by atoms with Gasteiger partial charge in [-0.2, -0.15) is 0 Å². The second kappa shape index (κ2) is 10.7. The van der Waals surface area contributed by atoms with E-state index in [1.807, 2.05) is 29.2 Å². The van der Waals surface area contributed by atoms with Crippen LogP contribution in [0, 0.1) is 0 Å².